The third-order valence-electron chi connectivity index (χ3n) is 5.67. The molecule has 1 N–H and O–H groups in total. The van der Waals surface area contributed by atoms with Gasteiger partial charge in [0.1, 0.15) is 5.75 Å². The average molecular weight is 428 g/mol. The van der Waals surface area contributed by atoms with Gasteiger partial charge in [0.2, 0.25) is 0 Å². The fourth-order valence-corrected chi connectivity index (χ4v) is 3.86. The summed E-state index contributed by atoms with van der Waals surface area (Å²) in [5.74, 6) is 0.209. The number of fused-ring (bicyclic) bond motifs is 1. The zero-order valence-corrected chi connectivity index (χ0v) is 17.8. The van der Waals surface area contributed by atoms with Crippen molar-refractivity contribution in [2.24, 2.45) is 0 Å². The molecule has 0 aliphatic heterocycles. The number of aromatic hydroxyl groups is 1. The van der Waals surface area contributed by atoms with Gasteiger partial charge in [-0.1, -0.05) is 61.5 Å². The SMILES string of the molecule is CCC(=O)c1ccc(Cn2c(=O)n(CCc3ccccc3O)c(=O)c3ccccc32)cc1. The van der Waals surface area contributed by atoms with Crippen LogP contribution < -0.4 is 11.2 Å². The maximum absolute atomic E-state index is 13.3. The molecule has 0 spiro atoms. The fraction of sp³-hybridized carbons (Fsp3) is 0.192. The summed E-state index contributed by atoms with van der Waals surface area (Å²) < 4.78 is 2.81. The van der Waals surface area contributed by atoms with Crippen molar-refractivity contribution >= 4 is 16.7 Å². The number of nitrogens with zero attached hydrogens (tertiary/aromatic N) is 2. The standard InChI is InChI=1S/C26H24N2O4/c1-2-23(29)20-13-11-18(12-14-20)17-28-22-9-5-4-8-21(22)25(31)27(26(28)32)16-15-19-7-3-6-10-24(19)30/h3-14,30H,2,15-17H2,1H3. The Hall–Kier alpha value is -3.93. The maximum atomic E-state index is 13.3. The number of para-hydroxylation sites is 2. The van der Waals surface area contributed by atoms with Crippen molar-refractivity contribution in [1.82, 2.24) is 9.13 Å². The quantitative estimate of drug-likeness (QED) is 0.455. The van der Waals surface area contributed by atoms with E-state index in [2.05, 4.69) is 0 Å². The van der Waals surface area contributed by atoms with Gasteiger partial charge in [-0.2, -0.15) is 0 Å². The van der Waals surface area contributed by atoms with Crippen LogP contribution in [-0.2, 0) is 19.5 Å². The van der Waals surface area contributed by atoms with Crippen molar-refractivity contribution in [3.8, 4) is 5.75 Å². The number of carbonyl (C=O) groups is 1. The van der Waals surface area contributed by atoms with Crippen molar-refractivity contribution in [3.05, 3.63) is 110 Å². The van der Waals surface area contributed by atoms with Crippen molar-refractivity contribution in [1.29, 1.82) is 0 Å². The van der Waals surface area contributed by atoms with E-state index in [1.165, 1.54) is 4.57 Å². The normalized spacial score (nSPS) is 11.0. The highest BCUT2D eigenvalue weighted by molar-refractivity contribution is 5.95. The molecule has 0 unspecified atom stereocenters. The fourth-order valence-electron chi connectivity index (χ4n) is 3.86. The van der Waals surface area contributed by atoms with Gasteiger partial charge in [-0.15, -0.1) is 0 Å². The Balaban J connectivity index is 1.75. The van der Waals surface area contributed by atoms with Crippen LogP contribution in [0.2, 0.25) is 0 Å². The van der Waals surface area contributed by atoms with Crippen LogP contribution in [0.3, 0.4) is 0 Å². The van der Waals surface area contributed by atoms with Gasteiger partial charge in [0.25, 0.3) is 5.56 Å². The summed E-state index contributed by atoms with van der Waals surface area (Å²) in [6, 6.07) is 21.2. The van der Waals surface area contributed by atoms with E-state index in [1.54, 1.807) is 59.2 Å². The summed E-state index contributed by atoms with van der Waals surface area (Å²) in [6.45, 7) is 2.25. The van der Waals surface area contributed by atoms with E-state index in [1.807, 2.05) is 25.1 Å². The molecule has 0 saturated carbocycles. The molecule has 0 radical (unpaired) electrons. The molecule has 0 aliphatic rings. The van der Waals surface area contributed by atoms with E-state index >= 15 is 0 Å². The van der Waals surface area contributed by atoms with Crippen LogP contribution in [-0.4, -0.2) is 20.0 Å². The molecule has 4 rings (SSSR count). The van der Waals surface area contributed by atoms with Crippen LogP contribution in [0.15, 0.2) is 82.4 Å². The largest absolute Gasteiger partial charge is 0.508 e. The van der Waals surface area contributed by atoms with Gasteiger partial charge < -0.3 is 5.11 Å². The summed E-state index contributed by atoms with van der Waals surface area (Å²) in [5.41, 5.74) is 1.99. The lowest BCUT2D eigenvalue weighted by Crippen LogP contribution is -2.40. The molecule has 4 aromatic rings. The molecular weight excluding hydrogens is 404 g/mol. The molecule has 6 nitrogen and oxygen atoms in total. The number of ketones is 1. The number of benzene rings is 3. The van der Waals surface area contributed by atoms with Crippen molar-refractivity contribution < 1.29 is 9.90 Å². The van der Waals surface area contributed by atoms with Crippen LogP contribution in [0.4, 0.5) is 0 Å². The number of aryl methyl sites for hydroxylation is 1. The number of rotatable bonds is 7. The summed E-state index contributed by atoms with van der Waals surface area (Å²) >= 11 is 0. The number of phenolic OH excluding ortho intramolecular Hbond substituents is 1. The molecule has 1 aromatic heterocycles. The second kappa shape index (κ2) is 9.06. The predicted octanol–water partition coefficient (Wildman–Crippen LogP) is 3.75. The Labute approximate surface area is 185 Å². The molecule has 0 bridgehead atoms. The molecule has 1 heterocycles. The van der Waals surface area contributed by atoms with Gasteiger partial charge in [-0.05, 0) is 35.7 Å². The van der Waals surface area contributed by atoms with E-state index in [0.717, 1.165) is 5.56 Å². The van der Waals surface area contributed by atoms with E-state index in [4.69, 9.17) is 0 Å². The highest BCUT2D eigenvalue weighted by Gasteiger charge is 2.14. The summed E-state index contributed by atoms with van der Waals surface area (Å²) in [5, 5.41) is 10.5. The minimum Gasteiger partial charge on any atom is -0.508 e. The van der Waals surface area contributed by atoms with Gasteiger partial charge in [0.15, 0.2) is 5.78 Å². The third-order valence-corrected chi connectivity index (χ3v) is 5.67. The molecule has 3 aromatic carbocycles. The Morgan fingerprint density at radius 3 is 2.28 bits per heavy atom. The molecule has 0 atom stereocenters. The lowest BCUT2D eigenvalue weighted by Gasteiger charge is -2.15. The number of carbonyl (C=O) groups excluding carboxylic acids is 1. The van der Waals surface area contributed by atoms with Crippen LogP contribution in [0, 0.1) is 0 Å². The lowest BCUT2D eigenvalue weighted by atomic mass is 10.1. The summed E-state index contributed by atoms with van der Waals surface area (Å²) in [6.07, 6.45) is 0.791. The zero-order chi connectivity index (χ0) is 22.7. The first-order valence-electron chi connectivity index (χ1n) is 10.6. The average Bonchev–Trinajstić information content (AvgIpc) is 2.82. The van der Waals surface area contributed by atoms with Crippen LogP contribution in [0.1, 0.15) is 34.8 Å². The molecule has 6 heteroatoms. The van der Waals surface area contributed by atoms with E-state index < -0.39 is 5.69 Å². The second-order valence-corrected chi connectivity index (χ2v) is 7.70. The lowest BCUT2D eigenvalue weighted by molar-refractivity contribution is 0.0988. The molecular formula is C26H24N2O4. The van der Waals surface area contributed by atoms with Crippen molar-refractivity contribution in [3.63, 3.8) is 0 Å². The molecule has 0 amide bonds. The van der Waals surface area contributed by atoms with Crippen LogP contribution in [0.25, 0.3) is 10.9 Å². The summed E-state index contributed by atoms with van der Waals surface area (Å²) in [4.78, 5) is 38.3. The number of hydrogen-bond donors (Lipinski definition) is 1. The number of hydrogen-bond acceptors (Lipinski definition) is 4. The third kappa shape index (κ3) is 4.12. The molecule has 0 saturated heterocycles. The van der Waals surface area contributed by atoms with Gasteiger partial charge in [-0.3, -0.25) is 18.7 Å². The van der Waals surface area contributed by atoms with Crippen molar-refractivity contribution in [2.75, 3.05) is 0 Å². The van der Waals surface area contributed by atoms with Crippen molar-refractivity contribution in [2.45, 2.75) is 32.9 Å². The maximum Gasteiger partial charge on any atom is 0.331 e. The Bertz CT molecular complexity index is 1400. The van der Waals surface area contributed by atoms with E-state index in [9.17, 15) is 19.5 Å². The highest BCUT2D eigenvalue weighted by atomic mass is 16.3. The monoisotopic (exact) mass is 428 g/mol. The zero-order valence-electron chi connectivity index (χ0n) is 17.8. The van der Waals surface area contributed by atoms with Gasteiger partial charge in [-0.25, -0.2) is 4.79 Å². The first-order chi connectivity index (χ1) is 15.5. The Morgan fingerprint density at radius 1 is 0.875 bits per heavy atom. The van der Waals surface area contributed by atoms with Gasteiger partial charge >= 0.3 is 5.69 Å². The minimum absolute atomic E-state index is 0.0666. The number of Topliss-reactive ketones (excluding diaryl/α,β-unsaturated/α-hetero) is 1. The minimum atomic E-state index is -0.405. The number of phenols is 1. The van der Waals surface area contributed by atoms with E-state index in [0.29, 0.717) is 34.9 Å². The Kier molecular flexibility index (Phi) is 6.03. The molecule has 0 aliphatic carbocycles. The van der Waals surface area contributed by atoms with Gasteiger partial charge in [0.05, 0.1) is 17.4 Å². The van der Waals surface area contributed by atoms with Crippen LogP contribution in [0.5, 0.6) is 5.75 Å². The molecule has 0 fully saturated rings. The molecule has 162 valence electrons. The first-order valence-corrected chi connectivity index (χ1v) is 10.6. The highest BCUT2D eigenvalue weighted by Crippen LogP contribution is 2.17. The number of aromatic nitrogens is 2. The second-order valence-electron chi connectivity index (χ2n) is 7.70. The molecule has 32 heavy (non-hydrogen) atoms. The topological polar surface area (TPSA) is 81.3 Å². The van der Waals surface area contributed by atoms with E-state index in [-0.39, 0.29) is 30.2 Å². The van der Waals surface area contributed by atoms with Gasteiger partial charge in [0, 0.05) is 18.5 Å². The first kappa shape index (κ1) is 21.3. The summed E-state index contributed by atoms with van der Waals surface area (Å²) in [7, 11) is 0. The Morgan fingerprint density at radius 2 is 1.56 bits per heavy atom. The van der Waals surface area contributed by atoms with Crippen LogP contribution >= 0.6 is 0 Å². The predicted molar refractivity (Wildman–Crippen MR) is 124 cm³/mol. The smallest absolute Gasteiger partial charge is 0.331 e.